The van der Waals surface area contributed by atoms with Crippen LogP contribution in [0, 0.1) is 11.3 Å². The molecule has 1 aromatic rings. The monoisotopic (exact) mass is 286 g/mol. The maximum Gasteiger partial charge on any atom is 0.124 e. The fourth-order valence-corrected chi connectivity index (χ4v) is 3.14. The lowest BCUT2D eigenvalue weighted by Crippen LogP contribution is -2.41. The molecule has 1 aromatic carbocycles. The number of piperidine rings is 1. The number of hydrogen-bond acceptors (Lipinski definition) is 3. The molecule has 2 unspecified atom stereocenters. The first-order chi connectivity index (χ1) is 10.3. The van der Waals surface area contributed by atoms with Gasteiger partial charge in [-0.15, -0.1) is 0 Å². The van der Waals surface area contributed by atoms with E-state index in [1.165, 1.54) is 19.3 Å². The summed E-state index contributed by atoms with van der Waals surface area (Å²) in [6.07, 6.45) is 5.80. The highest BCUT2D eigenvalue weighted by Crippen LogP contribution is 2.31. The maximum absolute atomic E-state index is 9.68. The van der Waals surface area contributed by atoms with Crippen molar-refractivity contribution in [3.05, 3.63) is 29.8 Å². The van der Waals surface area contributed by atoms with Gasteiger partial charge in [-0.1, -0.05) is 32.4 Å². The molecule has 0 saturated carbocycles. The molecular formula is C18H26N2O. The van der Waals surface area contributed by atoms with Crippen LogP contribution in [0.25, 0.3) is 0 Å². The summed E-state index contributed by atoms with van der Waals surface area (Å²) < 4.78 is 5.70. The zero-order chi connectivity index (χ0) is 15.1. The molecule has 114 valence electrons. The number of hydrogen-bond donors (Lipinski definition) is 0. The summed E-state index contributed by atoms with van der Waals surface area (Å²) in [6, 6.07) is 10.9. The molecule has 3 heteroatoms. The van der Waals surface area contributed by atoms with Crippen LogP contribution < -0.4 is 4.74 Å². The quantitative estimate of drug-likeness (QED) is 0.782. The molecule has 1 heterocycles. The van der Waals surface area contributed by atoms with Crippen LogP contribution in [0.2, 0.25) is 0 Å². The minimum absolute atomic E-state index is 0.152. The molecule has 1 saturated heterocycles. The normalized spacial score (nSPS) is 20.7. The van der Waals surface area contributed by atoms with Crippen LogP contribution in [-0.4, -0.2) is 24.1 Å². The minimum atomic E-state index is -0.152. The van der Waals surface area contributed by atoms with Crippen molar-refractivity contribution in [3.8, 4) is 11.8 Å². The van der Waals surface area contributed by atoms with E-state index in [0.717, 1.165) is 37.3 Å². The fraction of sp³-hybridized carbons (Fsp3) is 0.611. The molecule has 3 nitrogen and oxygen atoms in total. The Hall–Kier alpha value is -1.53. The predicted molar refractivity (Wildman–Crippen MR) is 85.2 cm³/mol. The van der Waals surface area contributed by atoms with E-state index >= 15 is 0 Å². The molecule has 0 spiro atoms. The van der Waals surface area contributed by atoms with Gasteiger partial charge >= 0.3 is 0 Å². The molecule has 21 heavy (non-hydrogen) atoms. The molecular weight excluding hydrogens is 260 g/mol. The summed E-state index contributed by atoms with van der Waals surface area (Å²) in [5.74, 6) is 0.875. The third kappa shape index (κ3) is 3.98. The lowest BCUT2D eigenvalue weighted by atomic mass is 9.95. The van der Waals surface area contributed by atoms with Crippen LogP contribution in [0.4, 0.5) is 0 Å². The minimum Gasteiger partial charge on any atom is -0.494 e. The summed E-state index contributed by atoms with van der Waals surface area (Å²) in [5.41, 5.74) is 1.06. The Bertz CT molecular complexity index is 480. The topological polar surface area (TPSA) is 36.3 Å². The fourth-order valence-electron chi connectivity index (χ4n) is 3.14. The van der Waals surface area contributed by atoms with Crippen molar-refractivity contribution >= 4 is 0 Å². The Kier molecular flexibility index (Phi) is 6.07. The average Bonchev–Trinajstić information content (AvgIpc) is 2.54. The van der Waals surface area contributed by atoms with Crippen molar-refractivity contribution in [2.24, 2.45) is 0 Å². The lowest BCUT2D eigenvalue weighted by molar-refractivity contribution is 0.116. The van der Waals surface area contributed by atoms with Gasteiger partial charge in [0.1, 0.15) is 11.8 Å². The molecule has 0 N–H and O–H groups in total. The van der Waals surface area contributed by atoms with E-state index in [0.29, 0.717) is 6.04 Å². The van der Waals surface area contributed by atoms with Gasteiger partial charge in [0.25, 0.3) is 0 Å². The predicted octanol–water partition coefficient (Wildman–Crippen LogP) is 4.30. The molecule has 2 atom stereocenters. The van der Waals surface area contributed by atoms with E-state index in [4.69, 9.17) is 4.74 Å². The summed E-state index contributed by atoms with van der Waals surface area (Å²) in [7, 11) is 0. The van der Waals surface area contributed by atoms with Gasteiger partial charge in [0.2, 0.25) is 0 Å². The van der Waals surface area contributed by atoms with E-state index in [1.54, 1.807) is 0 Å². The number of nitrogens with zero attached hydrogens (tertiary/aromatic N) is 2. The van der Waals surface area contributed by atoms with Gasteiger partial charge in [0.05, 0.1) is 12.7 Å². The first-order valence-corrected chi connectivity index (χ1v) is 8.18. The average molecular weight is 286 g/mol. The van der Waals surface area contributed by atoms with Crippen molar-refractivity contribution < 1.29 is 4.74 Å². The summed E-state index contributed by atoms with van der Waals surface area (Å²) >= 11 is 0. The van der Waals surface area contributed by atoms with Crippen LogP contribution in [0.3, 0.4) is 0 Å². The molecule has 0 amide bonds. The number of rotatable bonds is 6. The van der Waals surface area contributed by atoms with E-state index in [2.05, 4.69) is 24.8 Å². The van der Waals surface area contributed by atoms with Crippen molar-refractivity contribution in [3.63, 3.8) is 0 Å². The smallest absolute Gasteiger partial charge is 0.124 e. The highest BCUT2D eigenvalue weighted by molar-refractivity contribution is 5.33. The van der Waals surface area contributed by atoms with Crippen LogP contribution in [0.5, 0.6) is 5.75 Å². The summed E-state index contributed by atoms with van der Waals surface area (Å²) in [5, 5.41) is 9.68. The molecule has 0 radical (unpaired) electrons. The van der Waals surface area contributed by atoms with Crippen LogP contribution in [0.1, 0.15) is 57.6 Å². The van der Waals surface area contributed by atoms with Gasteiger partial charge in [-0.3, -0.25) is 4.90 Å². The van der Waals surface area contributed by atoms with Gasteiger partial charge < -0.3 is 4.74 Å². The standard InChI is InChI=1S/C18H26N2O/c1-3-12-21-17-10-7-8-15(13-17)18(14-19)20-11-6-5-9-16(20)4-2/h7-8,10,13,16,18H,3-6,9,11-12H2,1-2H3. The largest absolute Gasteiger partial charge is 0.494 e. The molecule has 2 rings (SSSR count). The van der Waals surface area contributed by atoms with E-state index < -0.39 is 0 Å². The second-order valence-electron chi connectivity index (χ2n) is 5.75. The first kappa shape index (κ1) is 15.9. The Labute approximate surface area is 128 Å². The lowest BCUT2D eigenvalue weighted by Gasteiger charge is -2.38. The second kappa shape index (κ2) is 8.05. The Morgan fingerprint density at radius 1 is 1.38 bits per heavy atom. The molecule has 1 fully saturated rings. The number of ether oxygens (including phenoxy) is 1. The highest BCUT2D eigenvalue weighted by Gasteiger charge is 2.28. The van der Waals surface area contributed by atoms with Gasteiger partial charge in [0, 0.05) is 12.6 Å². The van der Waals surface area contributed by atoms with Gasteiger partial charge in [-0.05, 0) is 43.4 Å². The Morgan fingerprint density at radius 2 is 2.24 bits per heavy atom. The zero-order valence-electron chi connectivity index (χ0n) is 13.2. The van der Waals surface area contributed by atoms with E-state index in [9.17, 15) is 5.26 Å². The molecule has 1 aliphatic heterocycles. The number of benzene rings is 1. The Morgan fingerprint density at radius 3 is 2.95 bits per heavy atom. The maximum atomic E-state index is 9.68. The van der Waals surface area contributed by atoms with Crippen molar-refractivity contribution in [2.75, 3.05) is 13.2 Å². The van der Waals surface area contributed by atoms with Gasteiger partial charge in [-0.2, -0.15) is 5.26 Å². The van der Waals surface area contributed by atoms with Crippen LogP contribution in [-0.2, 0) is 0 Å². The molecule has 0 aliphatic carbocycles. The van der Waals surface area contributed by atoms with Crippen LogP contribution in [0.15, 0.2) is 24.3 Å². The SMILES string of the molecule is CCCOc1cccc(C(C#N)N2CCCCC2CC)c1. The third-order valence-corrected chi connectivity index (χ3v) is 4.24. The second-order valence-corrected chi connectivity index (χ2v) is 5.75. The Balaban J connectivity index is 2.18. The first-order valence-electron chi connectivity index (χ1n) is 8.18. The van der Waals surface area contributed by atoms with E-state index in [1.807, 2.05) is 24.3 Å². The van der Waals surface area contributed by atoms with Crippen molar-refractivity contribution in [1.29, 1.82) is 5.26 Å². The van der Waals surface area contributed by atoms with Crippen LogP contribution >= 0.6 is 0 Å². The molecule has 1 aliphatic rings. The number of likely N-dealkylation sites (tertiary alicyclic amines) is 1. The van der Waals surface area contributed by atoms with Crippen molar-refractivity contribution in [2.45, 2.75) is 58.0 Å². The van der Waals surface area contributed by atoms with Gasteiger partial charge in [-0.25, -0.2) is 0 Å². The molecule has 0 bridgehead atoms. The number of nitriles is 1. The summed E-state index contributed by atoms with van der Waals surface area (Å²) in [6.45, 7) is 6.07. The molecule has 0 aromatic heterocycles. The van der Waals surface area contributed by atoms with Gasteiger partial charge in [0.15, 0.2) is 0 Å². The highest BCUT2D eigenvalue weighted by atomic mass is 16.5. The third-order valence-electron chi connectivity index (χ3n) is 4.24. The summed E-state index contributed by atoms with van der Waals surface area (Å²) in [4.78, 5) is 2.38. The zero-order valence-corrected chi connectivity index (χ0v) is 13.2. The van der Waals surface area contributed by atoms with E-state index in [-0.39, 0.29) is 6.04 Å². The van der Waals surface area contributed by atoms with Crippen molar-refractivity contribution in [1.82, 2.24) is 4.90 Å².